The first-order valence-electron chi connectivity index (χ1n) is 10.6. The maximum Gasteiger partial charge on any atom is 0.441 e. The standard InChI is InChI=1S/C28H20N2O2/c31-28-29(26-19-9-13-21-11-5-7-17-24(21)26)27(30(32-28)22-14-2-1-3-15-22)25-18-8-12-20-10-4-6-16-23(20)25/h1-19,27H/t27-/m0/s1. The first-order chi connectivity index (χ1) is 15.8. The van der Waals surface area contributed by atoms with Gasteiger partial charge in [0.1, 0.15) is 0 Å². The van der Waals surface area contributed by atoms with Crippen molar-refractivity contribution in [2.75, 3.05) is 9.96 Å². The predicted octanol–water partition coefficient (Wildman–Crippen LogP) is 7.07. The molecule has 1 aliphatic heterocycles. The fraction of sp³-hybridized carbons (Fsp3) is 0.0357. The number of amides is 1. The van der Waals surface area contributed by atoms with Crippen LogP contribution in [0.4, 0.5) is 16.2 Å². The average Bonchev–Trinajstić information content (AvgIpc) is 3.20. The van der Waals surface area contributed by atoms with Gasteiger partial charge in [-0.15, -0.1) is 0 Å². The van der Waals surface area contributed by atoms with Crippen LogP contribution in [0.1, 0.15) is 11.7 Å². The molecule has 4 heteroatoms. The van der Waals surface area contributed by atoms with E-state index in [0.717, 1.165) is 38.5 Å². The zero-order chi connectivity index (χ0) is 21.5. The summed E-state index contributed by atoms with van der Waals surface area (Å²) in [5.74, 6) is 0. The Hall–Kier alpha value is -4.31. The molecular weight excluding hydrogens is 396 g/mol. The van der Waals surface area contributed by atoms with Gasteiger partial charge >= 0.3 is 6.09 Å². The lowest BCUT2D eigenvalue weighted by molar-refractivity contribution is 0.164. The Morgan fingerprint density at radius 2 is 1.19 bits per heavy atom. The van der Waals surface area contributed by atoms with E-state index in [-0.39, 0.29) is 0 Å². The molecule has 0 bridgehead atoms. The van der Waals surface area contributed by atoms with Gasteiger partial charge in [-0.1, -0.05) is 97.1 Å². The molecule has 32 heavy (non-hydrogen) atoms. The molecule has 0 radical (unpaired) electrons. The Labute approximate surface area is 185 Å². The maximum atomic E-state index is 13.4. The number of hydrogen-bond acceptors (Lipinski definition) is 3. The Kier molecular flexibility index (Phi) is 4.29. The Morgan fingerprint density at radius 3 is 1.97 bits per heavy atom. The van der Waals surface area contributed by atoms with Crippen LogP contribution >= 0.6 is 0 Å². The second-order valence-electron chi connectivity index (χ2n) is 7.83. The van der Waals surface area contributed by atoms with Crippen molar-refractivity contribution in [1.29, 1.82) is 0 Å². The molecule has 0 aromatic heterocycles. The SMILES string of the molecule is O=C1ON(c2ccccc2)[C@@H](c2cccc3ccccc23)N1c1cccc2ccccc12. The van der Waals surface area contributed by atoms with Gasteiger partial charge in [0.2, 0.25) is 0 Å². The second kappa shape index (κ2) is 7.43. The van der Waals surface area contributed by atoms with E-state index in [2.05, 4.69) is 36.4 Å². The first kappa shape index (κ1) is 18.5. The summed E-state index contributed by atoms with van der Waals surface area (Å²) < 4.78 is 0. The minimum absolute atomic E-state index is 0.400. The highest BCUT2D eigenvalue weighted by atomic mass is 16.7. The number of nitrogens with zero attached hydrogens (tertiary/aromatic N) is 2. The van der Waals surface area contributed by atoms with E-state index in [0.29, 0.717) is 0 Å². The smallest absolute Gasteiger partial charge is 0.319 e. The van der Waals surface area contributed by atoms with Crippen LogP contribution in [0.25, 0.3) is 21.5 Å². The third-order valence-electron chi connectivity index (χ3n) is 5.98. The number of carbonyl (C=O) groups excluding carboxylic acids is 1. The molecule has 1 aliphatic rings. The van der Waals surface area contributed by atoms with Gasteiger partial charge in [0, 0.05) is 10.9 Å². The number of fused-ring (bicyclic) bond motifs is 2. The normalized spacial score (nSPS) is 16.0. The van der Waals surface area contributed by atoms with Crippen LogP contribution in [0, 0.1) is 0 Å². The van der Waals surface area contributed by atoms with Crippen LogP contribution in [-0.4, -0.2) is 6.09 Å². The molecular formula is C28H20N2O2. The summed E-state index contributed by atoms with van der Waals surface area (Å²) in [6.07, 6.45) is -0.857. The minimum atomic E-state index is -0.457. The van der Waals surface area contributed by atoms with Crippen LogP contribution in [0.2, 0.25) is 0 Å². The summed E-state index contributed by atoms with van der Waals surface area (Å²) in [7, 11) is 0. The Bertz CT molecular complexity index is 1440. The monoisotopic (exact) mass is 416 g/mol. The van der Waals surface area contributed by atoms with Crippen molar-refractivity contribution in [1.82, 2.24) is 0 Å². The van der Waals surface area contributed by atoms with Crippen molar-refractivity contribution in [3.63, 3.8) is 0 Å². The number of carbonyl (C=O) groups is 1. The summed E-state index contributed by atoms with van der Waals surface area (Å²) in [5, 5.41) is 6.01. The summed E-state index contributed by atoms with van der Waals surface area (Å²) in [6, 6.07) is 38.3. The lowest BCUT2D eigenvalue weighted by Gasteiger charge is -2.29. The molecule has 1 amide bonds. The quantitative estimate of drug-likeness (QED) is 0.315. The van der Waals surface area contributed by atoms with E-state index in [4.69, 9.17) is 4.84 Å². The van der Waals surface area contributed by atoms with Crippen LogP contribution < -0.4 is 9.96 Å². The van der Waals surface area contributed by atoms with Crippen molar-refractivity contribution < 1.29 is 9.63 Å². The van der Waals surface area contributed by atoms with Crippen molar-refractivity contribution in [3.8, 4) is 0 Å². The van der Waals surface area contributed by atoms with Crippen LogP contribution in [0.15, 0.2) is 115 Å². The molecule has 0 unspecified atom stereocenters. The van der Waals surface area contributed by atoms with Gasteiger partial charge in [-0.2, -0.15) is 5.06 Å². The van der Waals surface area contributed by atoms with E-state index in [1.165, 1.54) is 0 Å². The first-order valence-corrected chi connectivity index (χ1v) is 10.6. The number of anilines is 2. The van der Waals surface area contributed by atoms with Gasteiger partial charge < -0.3 is 4.84 Å². The number of para-hydroxylation sites is 1. The highest BCUT2D eigenvalue weighted by Crippen LogP contribution is 2.43. The van der Waals surface area contributed by atoms with E-state index in [9.17, 15) is 4.79 Å². The van der Waals surface area contributed by atoms with Crippen LogP contribution in [-0.2, 0) is 4.84 Å². The van der Waals surface area contributed by atoms with Gasteiger partial charge in [0.25, 0.3) is 0 Å². The Morgan fingerprint density at radius 1 is 0.594 bits per heavy atom. The zero-order valence-corrected chi connectivity index (χ0v) is 17.3. The number of rotatable bonds is 3. The third kappa shape index (κ3) is 2.88. The maximum absolute atomic E-state index is 13.4. The average molecular weight is 416 g/mol. The molecule has 4 nitrogen and oxygen atoms in total. The van der Waals surface area contributed by atoms with Crippen molar-refractivity contribution >= 4 is 39.0 Å². The molecule has 1 fully saturated rings. The summed E-state index contributed by atoms with van der Waals surface area (Å²) >= 11 is 0. The summed E-state index contributed by atoms with van der Waals surface area (Å²) in [6.45, 7) is 0. The van der Waals surface area contributed by atoms with E-state index < -0.39 is 12.3 Å². The van der Waals surface area contributed by atoms with E-state index in [1.807, 2.05) is 78.9 Å². The molecule has 5 aromatic rings. The molecule has 0 aliphatic carbocycles. The molecule has 1 saturated heterocycles. The van der Waals surface area contributed by atoms with Gasteiger partial charge in [-0.3, -0.25) is 0 Å². The van der Waals surface area contributed by atoms with Crippen LogP contribution in [0.3, 0.4) is 0 Å². The van der Waals surface area contributed by atoms with E-state index >= 15 is 0 Å². The van der Waals surface area contributed by atoms with E-state index in [1.54, 1.807) is 9.96 Å². The molecule has 154 valence electrons. The molecule has 0 spiro atoms. The second-order valence-corrected chi connectivity index (χ2v) is 7.83. The summed E-state index contributed by atoms with van der Waals surface area (Å²) in [4.78, 5) is 21.0. The van der Waals surface area contributed by atoms with Gasteiger partial charge in [-0.05, 0) is 34.4 Å². The van der Waals surface area contributed by atoms with Gasteiger partial charge in [0.15, 0.2) is 6.17 Å². The molecule has 1 atom stereocenters. The highest BCUT2D eigenvalue weighted by Gasteiger charge is 2.44. The highest BCUT2D eigenvalue weighted by molar-refractivity contribution is 6.04. The number of hydroxylamine groups is 1. The fourth-order valence-corrected chi connectivity index (χ4v) is 4.54. The largest absolute Gasteiger partial charge is 0.441 e. The molecule has 6 rings (SSSR count). The third-order valence-corrected chi connectivity index (χ3v) is 5.98. The lowest BCUT2D eigenvalue weighted by Crippen LogP contribution is -2.32. The lowest BCUT2D eigenvalue weighted by atomic mass is 10.0. The topological polar surface area (TPSA) is 32.8 Å². The number of benzene rings is 5. The van der Waals surface area contributed by atoms with Crippen molar-refractivity contribution in [3.05, 3.63) is 121 Å². The number of hydrogen-bond donors (Lipinski definition) is 0. The van der Waals surface area contributed by atoms with Crippen molar-refractivity contribution in [2.45, 2.75) is 6.17 Å². The zero-order valence-electron chi connectivity index (χ0n) is 17.3. The Balaban J connectivity index is 1.62. The van der Waals surface area contributed by atoms with Crippen molar-refractivity contribution in [2.24, 2.45) is 0 Å². The predicted molar refractivity (Wildman–Crippen MR) is 129 cm³/mol. The molecule has 1 heterocycles. The van der Waals surface area contributed by atoms with Gasteiger partial charge in [-0.25, -0.2) is 9.69 Å². The molecule has 5 aromatic carbocycles. The molecule has 0 saturated carbocycles. The molecule has 0 N–H and O–H groups in total. The summed E-state index contributed by atoms with van der Waals surface area (Å²) in [5.41, 5.74) is 2.65. The fourth-order valence-electron chi connectivity index (χ4n) is 4.54. The van der Waals surface area contributed by atoms with Crippen LogP contribution in [0.5, 0.6) is 0 Å². The van der Waals surface area contributed by atoms with Gasteiger partial charge in [0.05, 0.1) is 11.4 Å². The minimum Gasteiger partial charge on any atom is -0.319 e.